The number of rotatable bonds is 37. The van der Waals surface area contributed by atoms with Crippen molar-refractivity contribution in [1.29, 1.82) is 0 Å². The van der Waals surface area contributed by atoms with Crippen LogP contribution in [0.25, 0.3) is 0 Å². The largest absolute Gasteiger partial charge is 0.463 e. The minimum absolute atomic E-state index is 0.0482. The van der Waals surface area contributed by atoms with E-state index in [0.29, 0.717) is 12.8 Å². The molecule has 6 heteroatoms. The van der Waals surface area contributed by atoms with Crippen LogP contribution in [0.3, 0.4) is 0 Å². The Labute approximate surface area is 307 Å². The number of carbonyl (C=O) groups excluding carboxylic acids is 3. The monoisotopic (exact) mass is 701 g/mol. The number of ketones is 1. The molecule has 0 bridgehead atoms. The van der Waals surface area contributed by atoms with Crippen LogP contribution in [0.15, 0.2) is 48.6 Å². The topological polar surface area (TPSA) is 89.9 Å². The van der Waals surface area contributed by atoms with Crippen molar-refractivity contribution in [3.8, 4) is 0 Å². The maximum Gasteiger partial charge on any atom is 0.305 e. The number of esters is 2. The van der Waals surface area contributed by atoms with Crippen LogP contribution in [0.1, 0.15) is 194 Å². The second-order valence-corrected chi connectivity index (χ2v) is 13.8. The van der Waals surface area contributed by atoms with Crippen LogP contribution < -0.4 is 0 Å². The van der Waals surface area contributed by atoms with Crippen LogP contribution in [-0.4, -0.2) is 42.1 Å². The number of ether oxygens (including phenoxy) is 2. The Morgan fingerprint density at radius 3 is 1.42 bits per heavy atom. The Morgan fingerprint density at radius 1 is 0.480 bits per heavy atom. The van der Waals surface area contributed by atoms with Crippen molar-refractivity contribution in [2.24, 2.45) is 0 Å². The predicted octanol–water partition coefficient (Wildman–Crippen LogP) is 12.2. The van der Waals surface area contributed by atoms with Gasteiger partial charge >= 0.3 is 11.9 Å². The Balaban J connectivity index is 3.59. The molecule has 0 aliphatic rings. The van der Waals surface area contributed by atoms with E-state index in [9.17, 15) is 19.5 Å². The first kappa shape index (κ1) is 47.5. The second-order valence-electron chi connectivity index (χ2n) is 13.8. The minimum Gasteiger partial charge on any atom is -0.463 e. The van der Waals surface area contributed by atoms with Crippen molar-refractivity contribution in [3.05, 3.63) is 48.6 Å². The van der Waals surface area contributed by atoms with E-state index in [2.05, 4.69) is 38.2 Å². The summed E-state index contributed by atoms with van der Waals surface area (Å²) in [7, 11) is 0. The van der Waals surface area contributed by atoms with E-state index in [1.54, 1.807) is 6.08 Å². The van der Waals surface area contributed by atoms with Gasteiger partial charge in [0.2, 0.25) is 0 Å². The van der Waals surface area contributed by atoms with Crippen molar-refractivity contribution >= 4 is 17.7 Å². The molecule has 50 heavy (non-hydrogen) atoms. The number of hydrogen-bond donors (Lipinski definition) is 1. The molecule has 0 amide bonds. The van der Waals surface area contributed by atoms with Gasteiger partial charge in [0.25, 0.3) is 0 Å². The fourth-order valence-electron chi connectivity index (χ4n) is 5.63. The lowest BCUT2D eigenvalue weighted by atomic mass is 10.0. The highest BCUT2D eigenvalue weighted by atomic mass is 16.6. The molecule has 0 aromatic rings. The maximum atomic E-state index is 12.0. The summed E-state index contributed by atoms with van der Waals surface area (Å²) in [6.07, 6.45) is 46.0. The number of allylic oxidation sites excluding steroid dienone is 8. The van der Waals surface area contributed by atoms with E-state index < -0.39 is 12.1 Å². The van der Waals surface area contributed by atoms with Gasteiger partial charge in [-0.2, -0.15) is 0 Å². The average molecular weight is 701 g/mol. The zero-order chi connectivity index (χ0) is 36.6. The van der Waals surface area contributed by atoms with E-state index in [4.69, 9.17) is 9.47 Å². The summed E-state index contributed by atoms with van der Waals surface area (Å²) in [5.74, 6) is -0.855. The maximum absolute atomic E-state index is 12.0. The summed E-state index contributed by atoms with van der Waals surface area (Å²) >= 11 is 0. The summed E-state index contributed by atoms with van der Waals surface area (Å²) in [4.78, 5) is 35.9. The SMILES string of the molecule is CCCCC/C=C\C/C=C\C/C=C\C=C\C(=O)CCCC(=O)OC[C@H](O)COC(=O)CCCCCCCCCCCCCCCCCCCC. The molecule has 0 aliphatic carbocycles. The van der Waals surface area contributed by atoms with E-state index in [1.165, 1.54) is 122 Å². The molecule has 0 saturated heterocycles. The molecule has 0 radical (unpaired) electrons. The van der Waals surface area contributed by atoms with E-state index >= 15 is 0 Å². The lowest BCUT2D eigenvalue weighted by Gasteiger charge is -2.12. The number of hydrogen-bond acceptors (Lipinski definition) is 6. The summed E-state index contributed by atoms with van der Waals surface area (Å²) < 4.78 is 10.2. The van der Waals surface area contributed by atoms with Gasteiger partial charge in [-0.3, -0.25) is 14.4 Å². The third-order valence-corrected chi connectivity index (χ3v) is 8.79. The molecule has 0 aromatic heterocycles. The van der Waals surface area contributed by atoms with Crippen LogP contribution in [0.2, 0.25) is 0 Å². The smallest absolute Gasteiger partial charge is 0.305 e. The molecule has 288 valence electrons. The first-order valence-corrected chi connectivity index (χ1v) is 20.6. The lowest BCUT2D eigenvalue weighted by Crippen LogP contribution is -2.25. The first-order valence-electron chi connectivity index (χ1n) is 20.6. The Kier molecular flexibility index (Phi) is 37.4. The zero-order valence-electron chi connectivity index (χ0n) is 32.4. The first-order chi connectivity index (χ1) is 24.5. The fraction of sp³-hybridized carbons (Fsp3) is 0.750. The van der Waals surface area contributed by atoms with E-state index in [0.717, 1.165) is 38.5 Å². The normalized spacial score (nSPS) is 12.5. The van der Waals surface area contributed by atoms with Crippen molar-refractivity contribution in [3.63, 3.8) is 0 Å². The molecule has 0 aromatic carbocycles. The number of unbranched alkanes of at least 4 members (excludes halogenated alkanes) is 20. The molecule has 0 aliphatic heterocycles. The van der Waals surface area contributed by atoms with E-state index in [-0.39, 0.29) is 37.8 Å². The number of carbonyl (C=O) groups is 3. The fourth-order valence-corrected chi connectivity index (χ4v) is 5.63. The third kappa shape index (κ3) is 38.3. The average Bonchev–Trinajstić information content (AvgIpc) is 3.11. The van der Waals surface area contributed by atoms with Crippen LogP contribution in [0.5, 0.6) is 0 Å². The highest BCUT2D eigenvalue weighted by molar-refractivity contribution is 5.90. The van der Waals surface area contributed by atoms with Gasteiger partial charge in [0, 0.05) is 19.3 Å². The van der Waals surface area contributed by atoms with Crippen LogP contribution in [0.4, 0.5) is 0 Å². The molecule has 0 saturated carbocycles. The van der Waals surface area contributed by atoms with Gasteiger partial charge in [-0.25, -0.2) is 0 Å². The van der Waals surface area contributed by atoms with Gasteiger partial charge in [0.05, 0.1) is 0 Å². The zero-order valence-corrected chi connectivity index (χ0v) is 32.4. The van der Waals surface area contributed by atoms with Crippen LogP contribution in [-0.2, 0) is 23.9 Å². The van der Waals surface area contributed by atoms with E-state index in [1.807, 2.05) is 12.2 Å². The quantitative estimate of drug-likeness (QED) is 0.0228. The Morgan fingerprint density at radius 2 is 0.900 bits per heavy atom. The van der Waals surface area contributed by atoms with Crippen LogP contribution >= 0.6 is 0 Å². The molecule has 0 unspecified atom stereocenters. The van der Waals surface area contributed by atoms with Gasteiger partial charge in [0.1, 0.15) is 19.3 Å². The Bertz CT molecular complexity index is 902. The number of aliphatic hydroxyl groups is 1. The van der Waals surface area contributed by atoms with Gasteiger partial charge in [0.15, 0.2) is 5.78 Å². The molecule has 0 fully saturated rings. The van der Waals surface area contributed by atoms with Gasteiger partial charge in [-0.15, -0.1) is 0 Å². The molecule has 0 rings (SSSR count). The molecule has 0 spiro atoms. The summed E-state index contributed by atoms with van der Waals surface area (Å²) in [5.41, 5.74) is 0. The van der Waals surface area contributed by atoms with Crippen molar-refractivity contribution in [2.75, 3.05) is 13.2 Å². The van der Waals surface area contributed by atoms with Gasteiger partial charge in [-0.1, -0.05) is 178 Å². The van der Waals surface area contributed by atoms with Crippen molar-refractivity contribution < 1.29 is 29.0 Å². The Hall–Kier alpha value is -2.47. The van der Waals surface area contributed by atoms with Gasteiger partial charge in [-0.05, 0) is 44.6 Å². The summed E-state index contributed by atoms with van der Waals surface area (Å²) in [6, 6.07) is 0. The summed E-state index contributed by atoms with van der Waals surface area (Å²) in [6.45, 7) is 4.07. The van der Waals surface area contributed by atoms with Crippen LogP contribution in [0, 0.1) is 0 Å². The molecular formula is C44H76O6. The summed E-state index contributed by atoms with van der Waals surface area (Å²) in [5, 5.41) is 10.0. The molecule has 1 N–H and O–H groups in total. The molecule has 6 nitrogen and oxygen atoms in total. The van der Waals surface area contributed by atoms with Crippen molar-refractivity contribution in [2.45, 2.75) is 200 Å². The molecular weight excluding hydrogens is 624 g/mol. The lowest BCUT2D eigenvalue weighted by molar-refractivity contribution is -0.152. The second kappa shape index (κ2) is 39.3. The highest BCUT2D eigenvalue weighted by Crippen LogP contribution is 2.15. The highest BCUT2D eigenvalue weighted by Gasteiger charge is 2.12. The molecule has 0 heterocycles. The minimum atomic E-state index is -1.05. The van der Waals surface area contributed by atoms with Gasteiger partial charge < -0.3 is 14.6 Å². The predicted molar refractivity (Wildman–Crippen MR) is 210 cm³/mol. The third-order valence-electron chi connectivity index (χ3n) is 8.79. The molecule has 1 atom stereocenters. The van der Waals surface area contributed by atoms with Crippen molar-refractivity contribution in [1.82, 2.24) is 0 Å². The number of aliphatic hydroxyl groups excluding tert-OH is 1. The standard InChI is InChI=1S/C44H76O6/c1-3-5-7-9-11-13-15-17-18-19-20-21-23-25-27-29-31-33-37-43(47)49-39-42(46)40-50-44(48)38-34-36-41(45)35-32-30-28-26-24-22-16-14-12-10-8-6-4-2/h12,14,22,24,28,30,32,35,42,46H,3-11,13,15-21,23,25-27,29,31,33-34,36-40H2,1-2H3/b14-12-,24-22-,30-28-,35-32+/t42-/m1/s1.